The molecule has 9 heteroatoms. The number of hydrogen-bond acceptors (Lipinski definition) is 8. The average Bonchev–Trinajstić information content (AvgIpc) is 3.42. The molecule has 0 spiro atoms. The normalized spacial score (nSPS) is 15.0. The number of aromatic nitrogens is 1. The third-order valence-electron chi connectivity index (χ3n) is 5.78. The van der Waals surface area contributed by atoms with E-state index in [-0.39, 0.29) is 18.6 Å². The molecule has 4 rings (SSSR count). The molecule has 1 amide bonds. The molecule has 1 unspecified atom stereocenters. The summed E-state index contributed by atoms with van der Waals surface area (Å²) < 4.78 is 27.1. The fraction of sp³-hybridized carbons (Fsp3) is 0.346. The van der Waals surface area contributed by atoms with Crippen molar-refractivity contribution in [3.63, 3.8) is 0 Å². The molecule has 0 bridgehead atoms. The minimum atomic E-state index is -0.621. The molecular formula is C26H28N2O7. The first-order valence-corrected chi connectivity index (χ1v) is 11.3. The first-order valence-electron chi connectivity index (χ1n) is 11.3. The number of benzene rings is 2. The molecule has 1 atom stereocenters. The zero-order chi connectivity index (χ0) is 24.8. The molecule has 2 aromatic carbocycles. The van der Waals surface area contributed by atoms with Crippen LogP contribution in [0.5, 0.6) is 17.2 Å². The fourth-order valence-electron chi connectivity index (χ4n) is 4.01. The molecule has 0 saturated carbocycles. The van der Waals surface area contributed by atoms with Crippen LogP contribution < -0.4 is 19.5 Å². The topological polar surface area (TPSA) is 105 Å². The molecule has 1 N–H and O–H groups in total. The van der Waals surface area contributed by atoms with E-state index in [1.807, 2.05) is 18.2 Å². The highest BCUT2D eigenvalue weighted by molar-refractivity contribution is 6.05. The number of para-hydroxylation sites is 1. The third-order valence-corrected chi connectivity index (χ3v) is 5.78. The van der Waals surface area contributed by atoms with E-state index in [1.54, 1.807) is 24.3 Å². The van der Waals surface area contributed by atoms with Crippen molar-refractivity contribution in [1.29, 1.82) is 0 Å². The van der Waals surface area contributed by atoms with E-state index in [0.717, 1.165) is 12.8 Å². The van der Waals surface area contributed by atoms with Gasteiger partial charge in [0.25, 0.3) is 5.91 Å². The van der Waals surface area contributed by atoms with Gasteiger partial charge in [0, 0.05) is 24.1 Å². The van der Waals surface area contributed by atoms with Gasteiger partial charge in [0.15, 0.2) is 18.1 Å². The molecule has 0 aliphatic carbocycles. The predicted molar refractivity (Wildman–Crippen MR) is 129 cm³/mol. The second-order valence-electron chi connectivity index (χ2n) is 8.00. The average molecular weight is 481 g/mol. The minimum absolute atomic E-state index is 0.0137. The van der Waals surface area contributed by atoms with Crippen molar-refractivity contribution in [2.45, 2.75) is 18.9 Å². The number of nitrogens with zero attached hydrogens (tertiary/aromatic N) is 1. The maximum atomic E-state index is 13.0. The first kappa shape index (κ1) is 24.3. The predicted octanol–water partition coefficient (Wildman–Crippen LogP) is 3.38. The number of methoxy groups -OCH3 is 3. The van der Waals surface area contributed by atoms with E-state index in [2.05, 4.69) is 5.32 Å². The van der Waals surface area contributed by atoms with E-state index in [0.29, 0.717) is 58.1 Å². The lowest BCUT2D eigenvalue weighted by atomic mass is 10.0. The van der Waals surface area contributed by atoms with E-state index in [4.69, 9.17) is 28.7 Å². The molecule has 184 valence electrons. The van der Waals surface area contributed by atoms with Crippen molar-refractivity contribution < 1.29 is 33.3 Å². The monoisotopic (exact) mass is 480 g/mol. The van der Waals surface area contributed by atoms with Gasteiger partial charge in [0.05, 0.1) is 44.2 Å². The summed E-state index contributed by atoms with van der Waals surface area (Å²) in [6, 6.07) is 12.4. The van der Waals surface area contributed by atoms with Crippen molar-refractivity contribution >= 4 is 22.8 Å². The molecule has 3 aromatic rings. The maximum Gasteiger partial charge on any atom is 0.339 e. The Morgan fingerprint density at radius 3 is 2.46 bits per heavy atom. The highest BCUT2D eigenvalue weighted by atomic mass is 16.5. The summed E-state index contributed by atoms with van der Waals surface area (Å²) in [6.45, 7) is 0.723. The third kappa shape index (κ3) is 5.46. The molecule has 1 aliphatic rings. The van der Waals surface area contributed by atoms with Crippen LogP contribution in [-0.2, 0) is 14.3 Å². The molecule has 2 heterocycles. The van der Waals surface area contributed by atoms with Crippen LogP contribution in [0.3, 0.4) is 0 Å². The van der Waals surface area contributed by atoms with Gasteiger partial charge in [0.2, 0.25) is 5.75 Å². The van der Waals surface area contributed by atoms with Gasteiger partial charge < -0.3 is 29.0 Å². The molecule has 35 heavy (non-hydrogen) atoms. The van der Waals surface area contributed by atoms with Crippen molar-refractivity contribution in [1.82, 2.24) is 10.3 Å². The Balaban J connectivity index is 1.60. The smallest absolute Gasteiger partial charge is 0.339 e. The first-order chi connectivity index (χ1) is 17.0. The van der Waals surface area contributed by atoms with Crippen LogP contribution in [0.4, 0.5) is 0 Å². The van der Waals surface area contributed by atoms with Gasteiger partial charge in [-0.25, -0.2) is 9.78 Å². The van der Waals surface area contributed by atoms with Crippen LogP contribution in [0.2, 0.25) is 0 Å². The lowest BCUT2D eigenvalue weighted by Gasteiger charge is -2.15. The Bertz CT molecular complexity index is 1200. The number of hydrogen-bond donors (Lipinski definition) is 1. The molecule has 1 aromatic heterocycles. The van der Waals surface area contributed by atoms with Crippen molar-refractivity contribution in [3.05, 3.63) is 48.0 Å². The number of rotatable bonds is 9. The molecule has 9 nitrogen and oxygen atoms in total. The summed E-state index contributed by atoms with van der Waals surface area (Å²) in [5, 5.41) is 3.37. The quantitative estimate of drug-likeness (QED) is 0.465. The van der Waals surface area contributed by atoms with E-state index < -0.39 is 5.97 Å². The van der Waals surface area contributed by atoms with Gasteiger partial charge in [0.1, 0.15) is 0 Å². The highest BCUT2D eigenvalue weighted by Crippen LogP contribution is 2.41. The zero-order valence-corrected chi connectivity index (χ0v) is 20.0. The number of carbonyl (C=O) groups excluding carboxylic acids is 2. The van der Waals surface area contributed by atoms with Gasteiger partial charge in [-0.2, -0.15) is 0 Å². The number of esters is 1. The van der Waals surface area contributed by atoms with Crippen LogP contribution in [0.15, 0.2) is 42.5 Å². The Labute approximate surface area is 203 Å². The maximum absolute atomic E-state index is 13.0. The van der Waals surface area contributed by atoms with Crippen molar-refractivity contribution in [2.75, 3.05) is 41.1 Å². The largest absolute Gasteiger partial charge is 0.493 e. The standard InChI is InChI=1S/C26H28N2O7/c1-31-22-11-16(12-23(32-2)25(22)33-3)21-13-19(18-8-4-5-9-20(18)28-21)26(30)35-15-24(29)27-14-17-7-6-10-34-17/h4-5,8-9,11-13,17H,6-7,10,14-15H2,1-3H3,(H,27,29). The van der Waals surface area contributed by atoms with Crippen molar-refractivity contribution in [2.24, 2.45) is 0 Å². The summed E-state index contributed by atoms with van der Waals surface area (Å²) in [4.78, 5) is 29.9. The molecule has 1 aliphatic heterocycles. The number of pyridine rings is 1. The Hall–Kier alpha value is -3.85. The van der Waals surface area contributed by atoms with Crippen LogP contribution in [0.25, 0.3) is 22.2 Å². The fourth-order valence-corrected chi connectivity index (χ4v) is 4.01. The van der Waals surface area contributed by atoms with Crippen LogP contribution in [-0.4, -0.2) is 64.1 Å². The molecular weight excluding hydrogens is 452 g/mol. The van der Waals surface area contributed by atoms with Crippen LogP contribution in [0.1, 0.15) is 23.2 Å². The molecule has 0 radical (unpaired) electrons. The number of nitrogens with one attached hydrogen (secondary N) is 1. The van der Waals surface area contributed by atoms with E-state index in [9.17, 15) is 9.59 Å². The summed E-state index contributed by atoms with van der Waals surface area (Å²) in [7, 11) is 4.59. The summed E-state index contributed by atoms with van der Waals surface area (Å²) in [5.41, 5.74) is 2.08. The second kappa shape index (κ2) is 11.1. The summed E-state index contributed by atoms with van der Waals surface area (Å²) in [5.74, 6) is 0.377. The Kier molecular flexibility index (Phi) is 7.67. The van der Waals surface area contributed by atoms with Gasteiger partial charge in [-0.3, -0.25) is 4.79 Å². The zero-order valence-electron chi connectivity index (χ0n) is 20.0. The number of carbonyl (C=O) groups is 2. The van der Waals surface area contributed by atoms with E-state index in [1.165, 1.54) is 21.3 Å². The van der Waals surface area contributed by atoms with Crippen LogP contribution in [0, 0.1) is 0 Å². The summed E-state index contributed by atoms with van der Waals surface area (Å²) >= 11 is 0. The second-order valence-corrected chi connectivity index (χ2v) is 8.00. The van der Waals surface area contributed by atoms with E-state index >= 15 is 0 Å². The van der Waals surface area contributed by atoms with Crippen LogP contribution >= 0.6 is 0 Å². The van der Waals surface area contributed by atoms with Gasteiger partial charge in [-0.1, -0.05) is 18.2 Å². The minimum Gasteiger partial charge on any atom is -0.493 e. The molecule has 1 fully saturated rings. The van der Waals surface area contributed by atoms with Gasteiger partial charge in [-0.15, -0.1) is 0 Å². The Morgan fingerprint density at radius 2 is 1.80 bits per heavy atom. The Morgan fingerprint density at radius 1 is 1.06 bits per heavy atom. The highest BCUT2D eigenvalue weighted by Gasteiger charge is 2.20. The number of amides is 1. The van der Waals surface area contributed by atoms with Gasteiger partial charge in [-0.05, 0) is 37.1 Å². The van der Waals surface area contributed by atoms with Crippen molar-refractivity contribution in [3.8, 4) is 28.5 Å². The summed E-state index contributed by atoms with van der Waals surface area (Å²) in [6.07, 6.45) is 1.91. The SMILES string of the molecule is COc1cc(-c2cc(C(=O)OCC(=O)NCC3CCCO3)c3ccccc3n2)cc(OC)c1OC. The number of ether oxygens (including phenoxy) is 5. The van der Waals surface area contributed by atoms with Gasteiger partial charge >= 0.3 is 5.97 Å². The lowest BCUT2D eigenvalue weighted by molar-refractivity contribution is -0.124. The number of fused-ring (bicyclic) bond motifs is 1. The molecule has 1 saturated heterocycles. The lowest BCUT2D eigenvalue weighted by Crippen LogP contribution is -2.34.